The Kier molecular flexibility index (Phi) is 8.02. The number of thiophene rings is 1. The molecule has 0 spiro atoms. The number of benzene rings is 2. The number of thioether (sulfide) groups is 1. The van der Waals surface area contributed by atoms with Crippen molar-refractivity contribution >= 4 is 44.9 Å². The van der Waals surface area contributed by atoms with E-state index in [0.29, 0.717) is 19.0 Å². The molecule has 2 aromatic carbocycles. The summed E-state index contributed by atoms with van der Waals surface area (Å²) in [6.45, 7) is 9.57. The highest BCUT2D eigenvalue weighted by Crippen LogP contribution is 2.43. The number of hydrogen-bond acceptors (Lipinski definition) is 7. The van der Waals surface area contributed by atoms with Crippen molar-refractivity contribution in [1.82, 2.24) is 9.97 Å². The van der Waals surface area contributed by atoms with E-state index in [9.17, 15) is 4.79 Å². The van der Waals surface area contributed by atoms with Crippen LogP contribution in [0.15, 0.2) is 59.6 Å². The Balaban J connectivity index is 1.49. The van der Waals surface area contributed by atoms with E-state index in [2.05, 4.69) is 26.1 Å². The third-order valence-electron chi connectivity index (χ3n) is 6.48. The van der Waals surface area contributed by atoms with Gasteiger partial charge in [-0.25, -0.2) is 9.97 Å². The molecule has 1 atom stereocenters. The van der Waals surface area contributed by atoms with E-state index in [1.165, 1.54) is 22.2 Å². The van der Waals surface area contributed by atoms with E-state index < -0.39 is 0 Å². The highest BCUT2D eigenvalue weighted by atomic mass is 32.2. The minimum atomic E-state index is -0.348. The number of rotatable bonds is 9. The van der Waals surface area contributed by atoms with E-state index in [-0.39, 0.29) is 16.8 Å². The molecule has 0 saturated carbocycles. The summed E-state index contributed by atoms with van der Waals surface area (Å²) in [6, 6.07) is 17.5. The average molecular weight is 548 g/mol. The number of anilines is 1. The van der Waals surface area contributed by atoms with Crippen LogP contribution < -0.4 is 10.1 Å². The van der Waals surface area contributed by atoms with Crippen molar-refractivity contribution in [3.63, 3.8) is 0 Å². The second kappa shape index (κ2) is 11.4. The van der Waals surface area contributed by atoms with E-state index >= 15 is 0 Å². The topological polar surface area (TPSA) is 73.3 Å². The molecule has 4 aromatic rings. The molecule has 0 aliphatic carbocycles. The summed E-state index contributed by atoms with van der Waals surface area (Å²) in [7, 11) is 0. The fourth-order valence-corrected chi connectivity index (χ4v) is 6.49. The zero-order chi connectivity index (χ0) is 26.7. The Morgan fingerprint density at radius 1 is 1.16 bits per heavy atom. The van der Waals surface area contributed by atoms with Crippen LogP contribution in [-0.4, -0.2) is 33.3 Å². The molecule has 1 aliphatic heterocycles. The molecule has 1 amide bonds. The van der Waals surface area contributed by atoms with Gasteiger partial charge < -0.3 is 14.8 Å². The van der Waals surface area contributed by atoms with Crippen LogP contribution in [0.1, 0.15) is 51.0 Å². The molecule has 1 aliphatic rings. The lowest BCUT2D eigenvalue weighted by molar-refractivity contribution is -0.115. The van der Waals surface area contributed by atoms with Crippen molar-refractivity contribution in [3.05, 3.63) is 65.0 Å². The maximum Gasteiger partial charge on any atom is 0.237 e. The number of aromatic nitrogens is 2. The van der Waals surface area contributed by atoms with Crippen LogP contribution in [0, 0.1) is 0 Å². The fourth-order valence-electron chi connectivity index (χ4n) is 4.35. The van der Waals surface area contributed by atoms with Gasteiger partial charge in [0.05, 0.1) is 24.1 Å². The lowest BCUT2D eigenvalue weighted by Crippen LogP contribution is -2.31. The molecule has 0 unspecified atom stereocenters. The van der Waals surface area contributed by atoms with Gasteiger partial charge in [-0.3, -0.25) is 4.79 Å². The van der Waals surface area contributed by atoms with Crippen LogP contribution in [0.25, 0.3) is 21.6 Å². The molecule has 38 heavy (non-hydrogen) atoms. The first-order valence-corrected chi connectivity index (χ1v) is 14.7. The largest absolute Gasteiger partial charge is 0.494 e. The number of fused-ring (bicyclic) bond motifs is 3. The zero-order valence-corrected chi connectivity index (χ0v) is 23.9. The summed E-state index contributed by atoms with van der Waals surface area (Å²) in [6.07, 6.45) is 2.91. The number of hydrogen-bond donors (Lipinski definition) is 1. The van der Waals surface area contributed by atoms with Crippen LogP contribution >= 0.6 is 23.1 Å². The third-order valence-corrected chi connectivity index (χ3v) is 8.66. The highest BCUT2D eigenvalue weighted by Gasteiger charge is 2.32. The SMILES string of the molecule is CCCCOc1ccc(-c2nc(S[C@H](C)C(=O)Nc3ccccc3)c3c4c(sc3n2)COC(C)(C)C4)cc1. The van der Waals surface area contributed by atoms with Crippen LogP contribution in [0.2, 0.25) is 0 Å². The maximum absolute atomic E-state index is 13.1. The molecule has 1 N–H and O–H groups in total. The van der Waals surface area contributed by atoms with Gasteiger partial charge in [0.25, 0.3) is 0 Å². The quantitative estimate of drug-likeness (QED) is 0.133. The molecular weight excluding hydrogens is 514 g/mol. The number of carbonyl (C=O) groups is 1. The molecule has 198 valence electrons. The van der Waals surface area contributed by atoms with Crippen LogP contribution in [0.5, 0.6) is 5.75 Å². The first kappa shape index (κ1) is 26.7. The Morgan fingerprint density at radius 3 is 2.66 bits per heavy atom. The van der Waals surface area contributed by atoms with Gasteiger partial charge in [0.2, 0.25) is 5.91 Å². The lowest BCUT2D eigenvalue weighted by atomic mass is 9.94. The van der Waals surface area contributed by atoms with Crippen molar-refractivity contribution in [2.24, 2.45) is 0 Å². The predicted octanol–water partition coefficient (Wildman–Crippen LogP) is 7.51. The molecule has 3 heterocycles. The molecule has 0 saturated heterocycles. The normalized spacial score (nSPS) is 15.2. The molecule has 0 radical (unpaired) electrons. The second-order valence-electron chi connectivity index (χ2n) is 10.1. The van der Waals surface area contributed by atoms with E-state index in [4.69, 9.17) is 19.4 Å². The van der Waals surface area contributed by atoms with Crippen molar-refractivity contribution in [2.45, 2.75) is 69.4 Å². The average Bonchev–Trinajstić information content (AvgIpc) is 3.26. The minimum Gasteiger partial charge on any atom is -0.494 e. The van der Waals surface area contributed by atoms with E-state index in [1.807, 2.05) is 61.5 Å². The van der Waals surface area contributed by atoms with E-state index in [1.54, 1.807) is 11.3 Å². The highest BCUT2D eigenvalue weighted by molar-refractivity contribution is 8.00. The smallest absolute Gasteiger partial charge is 0.237 e. The molecule has 2 aromatic heterocycles. The first-order valence-electron chi connectivity index (χ1n) is 13.0. The third kappa shape index (κ3) is 6.03. The Hall–Kier alpha value is -2.94. The predicted molar refractivity (Wildman–Crippen MR) is 156 cm³/mol. The zero-order valence-electron chi connectivity index (χ0n) is 22.2. The molecule has 0 fully saturated rings. The number of nitrogens with one attached hydrogen (secondary N) is 1. The van der Waals surface area contributed by atoms with Gasteiger partial charge in [-0.1, -0.05) is 43.3 Å². The summed E-state index contributed by atoms with van der Waals surface area (Å²) in [5.74, 6) is 1.43. The van der Waals surface area contributed by atoms with Crippen molar-refractivity contribution in [2.75, 3.05) is 11.9 Å². The summed E-state index contributed by atoms with van der Waals surface area (Å²) < 4.78 is 11.9. The molecule has 8 heteroatoms. The monoisotopic (exact) mass is 547 g/mol. The Morgan fingerprint density at radius 2 is 1.92 bits per heavy atom. The molecule has 0 bridgehead atoms. The van der Waals surface area contributed by atoms with Gasteiger partial charge >= 0.3 is 0 Å². The van der Waals surface area contributed by atoms with Crippen LogP contribution in [0.4, 0.5) is 5.69 Å². The van der Waals surface area contributed by atoms with E-state index in [0.717, 1.165) is 51.5 Å². The number of unbranched alkanes of at least 4 members (excludes halogenated alkanes) is 1. The standard InChI is InChI=1S/C30H33N3O3S2/c1-5-6-16-35-22-14-12-20(13-15-22)26-32-28(37-19(2)27(34)31-21-10-8-7-9-11-21)25-23-17-30(3,4)36-18-24(23)38-29(25)33-26/h7-15,19H,5-6,16-18H2,1-4H3,(H,31,34)/t19-/m1/s1. The molecule has 6 nitrogen and oxygen atoms in total. The summed E-state index contributed by atoms with van der Waals surface area (Å²) >= 11 is 3.15. The van der Waals surface area contributed by atoms with Gasteiger partial charge in [-0.05, 0) is 69.2 Å². The first-order chi connectivity index (χ1) is 18.3. The number of carbonyl (C=O) groups excluding carboxylic acids is 1. The van der Waals surface area contributed by atoms with Crippen molar-refractivity contribution in [1.29, 1.82) is 0 Å². The number of amides is 1. The van der Waals surface area contributed by atoms with Gasteiger partial charge in [-0.15, -0.1) is 11.3 Å². The van der Waals surface area contributed by atoms with Crippen molar-refractivity contribution < 1.29 is 14.3 Å². The number of nitrogens with zero attached hydrogens (tertiary/aromatic N) is 2. The second-order valence-corrected chi connectivity index (χ2v) is 12.5. The summed E-state index contributed by atoms with van der Waals surface area (Å²) in [5.41, 5.74) is 2.68. The summed E-state index contributed by atoms with van der Waals surface area (Å²) in [4.78, 5) is 25.2. The Bertz CT molecular complexity index is 1420. The van der Waals surface area contributed by atoms with Gasteiger partial charge in [0, 0.05) is 27.9 Å². The Labute approximate surface area is 232 Å². The lowest BCUT2D eigenvalue weighted by Gasteiger charge is -2.30. The van der Waals surface area contributed by atoms with Gasteiger partial charge in [0.1, 0.15) is 15.6 Å². The van der Waals surface area contributed by atoms with Crippen LogP contribution in [-0.2, 0) is 22.6 Å². The van der Waals surface area contributed by atoms with Gasteiger partial charge in [0.15, 0.2) is 5.82 Å². The number of para-hydroxylation sites is 1. The summed E-state index contributed by atoms with van der Waals surface area (Å²) in [5, 5.41) is 4.55. The minimum absolute atomic E-state index is 0.0594. The van der Waals surface area contributed by atoms with Crippen molar-refractivity contribution in [3.8, 4) is 17.1 Å². The maximum atomic E-state index is 13.1. The number of ether oxygens (including phenoxy) is 2. The molecule has 5 rings (SSSR count). The van der Waals surface area contributed by atoms with Crippen LogP contribution in [0.3, 0.4) is 0 Å². The molecular formula is C30H33N3O3S2. The van der Waals surface area contributed by atoms with Gasteiger partial charge in [-0.2, -0.15) is 0 Å². The fraction of sp³-hybridized carbons (Fsp3) is 0.367.